The van der Waals surface area contributed by atoms with E-state index in [1.165, 1.54) is 0 Å². The van der Waals surface area contributed by atoms with Crippen LogP contribution in [-0.2, 0) is 6.54 Å². The fourth-order valence-corrected chi connectivity index (χ4v) is 1.81. The molecule has 1 aromatic carbocycles. The molecular weight excluding hydrogens is 256 g/mol. The number of benzene rings is 1. The Kier molecular flexibility index (Phi) is 4.24. The van der Waals surface area contributed by atoms with Crippen LogP contribution in [-0.4, -0.2) is 22.7 Å². The lowest BCUT2D eigenvalue weighted by Crippen LogP contribution is -2.23. The van der Waals surface area contributed by atoms with E-state index in [-0.39, 0.29) is 5.91 Å². The van der Waals surface area contributed by atoms with Gasteiger partial charge in [-0.1, -0.05) is 0 Å². The fraction of sp³-hybridized carbons (Fsp3) is 0.286. The van der Waals surface area contributed by atoms with Gasteiger partial charge in [0.2, 0.25) is 0 Å². The SMILES string of the molecule is CCOc1ccc(C(=O)NCc2cn[nH]c2C)cc1N. The summed E-state index contributed by atoms with van der Waals surface area (Å²) in [6, 6.07) is 5.01. The molecule has 2 aromatic rings. The van der Waals surface area contributed by atoms with E-state index in [1.807, 2.05) is 13.8 Å². The number of nitrogens with zero attached hydrogens (tertiary/aromatic N) is 1. The number of ether oxygens (including phenoxy) is 1. The smallest absolute Gasteiger partial charge is 0.251 e. The highest BCUT2D eigenvalue weighted by molar-refractivity contribution is 5.95. The van der Waals surface area contributed by atoms with E-state index in [4.69, 9.17) is 10.5 Å². The Hall–Kier alpha value is -2.50. The van der Waals surface area contributed by atoms with Crippen molar-refractivity contribution < 1.29 is 9.53 Å². The number of amides is 1. The molecule has 0 aliphatic heterocycles. The molecule has 0 spiro atoms. The molecule has 0 aliphatic rings. The van der Waals surface area contributed by atoms with Crippen LogP contribution in [0.15, 0.2) is 24.4 Å². The summed E-state index contributed by atoms with van der Waals surface area (Å²) in [5.41, 5.74) is 8.70. The van der Waals surface area contributed by atoms with E-state index in [9.17, 15) is 4.79 Å². The van der Waals surface area contributed by atoms with Gasteiger partial charge in [0, 0.05) is 23.4 Å². The highest BCUT2D eigenvalue weighted by Crippen LogP contribution is 2.22. The molecule has 0 aliphatic carbocycles. The van der Waals surface area contributed by atoms with Crippen LogP contribution < -0.4 is 15.8 Å². The van der Waals surface area contributed by atoms with Gasteiger partial charge < -0.3 is 15.8 Å². The number of anilines is 1. The Morgan fingerprint density at radius 1 is 1.50 bits per heavy atom. The number of H-pyrrole nitrogens is 1. The first-order chi connectivity index (χ1) is 9.61. The van der Waals surface area contributed by atoms with Crippen molar-refractivity contribution in [1.29, 1.82) is 0 Å². The van der Waals surface area contributed by atoms with E-state index >= 15 is 0 Å². The van der Waals surface area contributed by atoms with Crippen molar-refractivity contribution in [1.82, 2.24) is 15.5 Å². The van der Waals surface area contributed by atoms with E-state index in [1.54, 1.807) is 24.4 Å². The molecular formula is C14H18N4O2. The molecule has 6 heteroatoms. The predicted molar refractivity (Wildman–Crippen MR) is 76.5 cm³/mol. The summed E-state index contributed by atoms with van der Waals surface area (Å²) in [5.74, 6) is 0.412. The van der Waals surface area contributed by atoms with Gasteiger partial charge in [0.15, 0.2) is 0 Å². The van der Waals surface area contributed by atoms with Crippen LogP contribution in [0.2, 0.25) is 0 Å². The molecule has 106 valence electrons. The Bertz CT molecular complexity index is 607. The Labute approximate surface area is 117 Å². The predicted octanol–water partition coefficient (Wildman–Crippen LogP) is 1.63. The van der Waals surface area contributed by atoms with Gasteiger partial charge in [0.25, 0.3) is 5.91 Å². The molecule has 0 fully saturated rings. The number of aryl methyl sites for hydroxylation is 1. The lowest BCUT2D eigenvalue weighted by Gasteiger charge is -2.09. The van der Waals surface area contributed by atoms with Crippen molar-refractivity contribution in [2.24, 2.45) is 0 Å². The van der Waals surface area contributed by atoms with Crippen LogP contribution in [0.4, 0.5) is 5.69 Å². The van der Waals surface area contributed by atoms with Crippen molar-refractivity contribution in [3.05, 3.63) is 41.2 Å². The number of rotatable bonds is 5. The molecule has 20 heavy (non-hydrogen) atoms. The number of aromatic nitrogens is 2. The van der Waals surface area contributed by atoms with E-state index in [2.05, 4.69) is 15.5 Å². The quantitative estimate of drug-likeness (QED) is 0.722. The second kappa shape index (κ2) is 6.10. The first-order valence-corrected chi connectivity index (χ1v) is 6.41. The highest BCUT2D eigenvalue weighted by atomic mass is 16.5. The first-order valence-electron chi connectivity index (χ1n) is 6.41. The normalized spacial score (nSPS) is 10.3. The summed E-state index contributed by atoms with van der Waals surface area (Å²) in [6.07, 6.45) is 1.70. The minimum atomic E-state index is -0.180. The van der Waals surface area contributed by atoms with Crippen LogP contribution in [0, 0.1) is 6.92 Å². The van der Waals surface area contributed by atoms with E-state index in [0.717, 1.165) is 11.3 Å². The minimum absolute atomic E-state index is 0.180. The zero-order chi connectivity index (χ0) is 14.5. The van der Waals surface area contributed by atoms with Crippen molar-refractivity contribution in [3.63, 3.8) is 0 Å². The zero-order valence-corrected chi connectivity index (χ0v) is 11.6. The first kappa shape index (κ1) is 13.9. The summed E-state index contributed by atoms with van der Waals surface area (Å²) < 4.78 is 5.34. The largest absolute Gasteiger partial charge is 0.492 e. The zero-order valence-electron chi connectivity index (χ0n) is 11.6. The van der Waals surface area contributed by atoms with E-state index in [0.29, 0.717) is 30.2 Å². The summed E-state index contributed by atoms with van der Waals surface area (Å²) in [7, 11) is 0. The topological polar surface area (TPSA) is 93.0 Å². The van der Waals surface area contributed by atoms with Crippen molar-refractivity contribution >= 4 is 11.6 Å². The molecule has 0 atom stereocenters. The molecule has 6 nitrogen and oxygen atoms in total. The maximum absolute atomic E-state index is 12.0. The minimum Gasteiger partial charge on any atom is -0.492 e. The Balaban J connectivity index is 2.02. The van der Waals surface area contributed by atoms with Gasteiger partial charge in [0.1, 0.15) is 5.75 Å². The van der Waals surface area contributed by atoms with Crippen molar-refractivity contribution in [3.8, 4) is 5.75 Å². The van der Waals surface area contributed by atoms with Crippen molar-refractivity contribution in [2.45, 2.75) is 20.4 Å². The highest BCUT2D eigenvalue weighted by Gasteiger charge is 2.09. The molecule has 1 aromatic heterocycles. The van der Waals surface area contributed by atoms with Gasteiger partial charge in [-0.25, -0.2) is 0 Å². The average Bonchev–Trinajstić information content (AvgIpc) is 2.84. The second-order valence-electron chi connectivity index (χ2n) is 4.39. The summed E-state index contributed by atoms with van der Waals surface area (Å²) in [5, 5.41) is 9.56. The second-order valence-corrected chi connectivity index (χ2v) is 4.39. The third-order valence-electron chi connectivity index (χ3n) is 2.95. The van der Waals surface area contributed by atoms with Crippen LogP contribution in [0.25, 0.3) is 0 Å². The van der Waals surface area contributed by atoms with Crippen LogP contribution in [0.5, 0.6) is 5.75 Å². The fourth-order valence-electron chi connectivity index (χ4n) is 1.81. The maximum Gasteiger partial charge on any atom is 0.251 e. The molecule has 0 radical (unpaired) electrons. The number of nitrogens with two attached hydrogens (primary N) is 1. The number of carbonyl (C=O) groups excluding carboxylic acids is 1. The molecule has 0 saturated carbocycles. The standard InChI is InChI=1S/C14H18N4O2/c1-3-20-13-5-4-10(6-12(13)15)14(19)16-7-11-8-17-18-9(11)2/h4-6,8H,3,7,15H2,1-2H3,(H,16,19)(H,17,18). The number of aromatic amines is 1. The maximum atomic E-state index is 12.0. The molecule has 0 unspecified atom stereocenters. The lowest BCUT2D eigenvalue weighted by atomic mass is 10.1. The van der Waals surface area contributed by atoms with Gasteiger partial charge >= 0.3 is 0 Å². The summed E-state index contributed by atoms with van der Waals surface area (Å²) >= 11 is 0. The molecule has 4 N–H and O–H groups in total. The van der Waals surface area contributed by atoms with E-state index < -0.39 is 0 Å². The summed E-state index contributed by atoms with van der Waals surface area (Å²) in [4.78, 5) is 12.0. The number of carbonyl (C=O) groups is 1. The third-order valence-corrected chi connectivity index (χ3v) is 2.95. The van der Waals surface area contributed by atoms with Gasteiger partial charge in [-0.3, -0.25) is 9.89 Å². The number of hydrogen-bond acceptors (Lipinski definition) is 4. The van der Waals surface area contributed by atoms with Crippen LogP contribution in [0.3, 0.4) is 0 Å². The number of hydrogen-bond donors (Lipinski definition) is 3. The Morgan fingerprint density at radius 2 is 2.30 bits per heavy atom. The summed E-state index contributed by atoms with van der Waals surface area (Å²) in [6.45, 7) is 4.75. The number of nitrogen functional groups attached to an aromatic ring is 1. The average molecular weight is 274 g/mol. The van der Waals surface area contributed by atoms with Gasteiger partial charge in [-0.2, -0.15) is 5.10 Å². The molecule has 1 amide bonds. The van der Waals surface area contributed by atoms with Crippen LogP contribution in [0.1, 0.15) is 28.5 Å². The molecule has 2 rings (SSSR count). The molecule has 0 bridgehead atoms. The van der Waals surface area contributed by atoms with Crippen LogP contribution >= 0.6 is 0 Å². The van der Waals surface area contributed by atoms with Gasteiger partial charge in [0.05, 0.1) is 18.5 Å². The number of nitrogens with one attached hydrogen (secondary N) is 2. The van der Waals surface area contributed by atoms with Crippen molar-refractivity contribution in [2.75, 3.05) is 12.3 Å². The molecule has 1 heterocycles. The third kappa shape index (κ3) is 3.09. The Morgan fingerprint density at radius 3 is 2.90 bits per heavy atom. The van der Waals surface area contributed by atoms with Gasteiger partial charge in [-0.05, 0) is 32.0 Å². The van der Waals surface area contributed by atoms with Gasteiger partial charge in [-0.15, -0.1) is 0 Å². The monoisotopic (exact) mass is 274 g/mol. The lowest BCUT2D eigenvalue weighted by molar-refractivity contribution is 0.0951. The molecule has 0 saturated heterocycles.